The smallest absolute Gasteiger partial charge is 0.456 e. The molecule has 0 radical (unpaired) electrons. The molecule has 0 atom stereocenters. The van der Waals surface area contributed by atoms with Crippen molar-refractivity contribution in [2.75, 3.05) is 0 Å². The van der Waals surface area contributed by atoms with Gasteiger partial charge in [-0.3, -0.25) is 0 Å². The Morgan fingerprint density at radius 1 is 0.222 bits per heavy atom. The molecule has 72 heavy (non-hydrogen) atoms. The molecule has 32 heteroatoms. The van der Waals surface area contributed by atoms with Crippen molar-refractivity contribution in [3.63, 3.8) is 0 Å². The van der Waals surface area contributed by atoms with Gasteiger partial charge in [-0.15, -0.1) is 0 Å². The molecule has 7 aromatic rings. The predicted octanol–water partition coefficient (Wildman–Crippen LogP) is 17.5. The molecule has 0 saturated heterocycles. The number of rotatable bonds is 12. The van der Waals surface area contributed by atoms with E-state index in [2.05, 4.69) is 0 Å². The number of fused-ring (bicyclic) bond motifs is 8. The van der Waals surface area contributed by atoms with Gasteiger partial charge >= 0.3 is 83.4 Å². The van der Waals surface area contributed by atoms with Crippen LogP contribution in [0.3, 0.4) is 0 Å². The van der Waals surface area contributed by atoms with Crippen LogP contribution in [0.5, 0.6) is 0 Å². The van der Waals surface area contributed by atoms with Gasteiger partial charge < -0.3 is 8.83 Å². The average molecular weight is 1090 g/mol. The quantitative estimate of drug-likeness (QED) is 0.114. The molecule has 0 unspecified atom stereocenters. The molecular formula is C40H12F30O2. The number of halogens is 30. The van der Waals surface area contributed by atoms with E-state index >= 15 is 17.6 Å². The van der Waals surface area contributed by atoms with Crippen molar-refractivity contribution in [2.45, 2.75) is 83.4 Å². The number of hydrogen-bond donors (Lipinski definition) is 0. The van der Waals surface area contributed by atoms with Crippen LogP contribution in [-0.2, 0) is 11.8 Å². The fourth-order valence-electron chi connectivity index (χ4n) is 7.22. The first kappa shape index (κ1) is 53.9. The summed E-state index contributed by atoms with van der Waals surface area (Å²) in [7, 11) is 0. The topological polar surface area (TPSA) is 26.3 Å². The summed E-state index contributed by atoms with van der Waals surface area (Å²) in [6.45, 7) is 0. The maximum absolute atomic E-state index is 15.2. The monoisotopic (exact) mass is 1090 g/mol. The van der Waals surface area contributed by atoms with Gasteiger partial charge in [-0.25, -0.2) is 0 Å². The highest BCUT2D eigenvalue weighted by molar-refractivity contribution is 6.18. The Kier molecular flexibility index (Phi) is 11.1. The van der Waals surface area contributed by atoms with Gasteiger partial charge in [0.1, 0.15) is 22.3 Å². The second-order valence-corrected chi connectivity index (χ2v) is 15.8. The molecule has 0 spiro atoms. The van der Waals surface area contributed by atoms with Crippen LogP contribution in [0, 0.1) is 0 Å². The predicted molar refractivity (Wildman–Crippen MR) is 185 cm³/mol. The summed E-state index contributed by atoms with van der Waals surface area (Å²) in [5.41, 5.74) is -6.16. The summed E-state index contributed by atoms with van der Waals surface area (Å²) < 4.78 is 428. The third-order valence-corrected chi connectivity index (χ3v) is 11.4. The van der Waals surface area contributed by atoms with E-state index in [-0.39, 0.29) is 78.9 Å². The summed E-state index contributed by atoms with van der Waals surface area (Å²) in [5, 5.41) is -3.19. The number of benzene rings is 5. The summed E-state index contributed by atoms with van der Waals surface area (Å²) in [6, 6.07) is 5.30. The van der Waals surface area contributed by atoms with Crippen LogP contribution in [0.15, 0.2) is 81.6 Å². The minimum Gasteiger partial charge on any atom is -0.456 e. The third kappa shape index (κ3) is 6.64. The molecule has 0 aliphatic rings. The van der Waals surface area contributed by atoms with Gasteiger partial charge in [-0.1, -0.05) is 24.3 Å². The lowest BCUT2D eigenvalue weighted by molar-refractivity contribution is -0.453. The van der Waals surface area contributed by atoms with Crippen LogP contribution in [-0.4, -0.2) is 71.6 Å². The molecule has 2 nitrogen and oxygen atoms in total. The first-order chi connectivity index (χ1) is 32.0. The van der Waals surface area contributed by atoms with Crippen molar-refractivity contribution in [2.24, 2.45) is 0 Å². The molecule has 0 amide bonds. The van der Waals surface area contributed by atoms with Crippen molar-refractivity contribution < 1.29 is 141 Å². The normalized spacial score (nSPS) is 15.6. The largest absolute Gasteiger partial charge is 0.460 e. The van der Waals surface area contributed by atoms with Crippen molar-refractivity contribution in [3.05, 3.63) is 83.9 Å². The minimum absolute atomic E-state index is 0.147. The molecule has 0 bridgehead atoms. The highest BCUT2D eigenvalue weighted by Gasteiger charge is 2.95. The van der Waals surface area contributed by atoms with Crippen molar-refractivity contribution in [3.8, 4) is 0 Å². The molecule has 2 aromatic heterocycles. The van der Waals surface area contributed by atoms with Crippen LogP contribution in [0.1, 0.15) is 11.1 Å². The number of furan rings is 2. The van der Waals surface area contributed by atoms with Crippen LogP contribution in [0.25, 0.3) is 65.4 Å². The van der Waals surface area contributed by atoms with E-state index in [0.717, 1.165) is 36.4 Å². The second-order valence-electron chi connectivity index (χ2n) is 15.8. The molecule has 0 aliphatic carbocycles. The summed E-state index contributed by atoms with van der Waals surface area (Å²) in [4.78, 5) is 0. The Morgan fingerprint density at radius 3 is 0.736 bits per heavy atom. The van der Waals surface area contributed by atoms with E-state index in [1.165, 1.54) is 0 Å². The highest BCUT2D eigenvalue weighted by atomic mass is 19.4. The first-order valence-corrected chi connectivity index (χ1v) is 18.4. The van der Waals surface area contributed by atoms with E-state index in [1.807, 2.05) is 0 Å². The summed E-state index contributed by atoms with van der Waals surface area (Å²) in [6.07, 6.45) is -15.6. The first-order valence-electron chi connectivity index (χ1n) is 18.4. The Morgan fingerprint density at radius 2 is 0.458 bits per heavy atom. The van der Waals surface area contributed by atoms with Gasteiger partial charge in [0, 0.05) is 32.7 Å². The summed E-state index contributed by atoms with van der Waals surface area (Å²) in [5.74, 6) is -96.6. The zero-order chi connectivity index (χ0) is 55.0. The average Bonchev–Trinajstić information content (AvgIpc) is 3.77. The molecule has 7 rings (SSSR count). The van der Waals surface area contributed by atoms with Gasteiger partial charge in [0.25, 0.3) is 0 Å². The molecule has 0 fully saturated rings. The van der Waals surface area contributed by atoms with Crippen molar-refractivity contribution in [1.82, 2.24) is 0 Å². The Labute approximate surface area is 373 Å². The highest BCUT2D eigenvalue weighted by Crippen LogP contribution is 2.66. The minimum atomic E-state index is -8.55. The van der Waals surface area contributed by atoms with Gasteiger partial charge in [-0.2, -0.15) is 132 Å². The van der Waals surface area contributed by atoms with E-state index in [9.17, 15) is 114 Å². The fourth-order valence-corrected chi connectivity index (χ4v) is 7.22. The molecule has 2 heterocycles. The Balaban J connectivity index is 1.28. The SMILES string of the molecule is FC(F)(F)C(F)(F)C(F)(F)C(F)(F)C(F)(F)C(F)(F)C(F)(F)c1ccc2cc3oc4cc5c(cc4c3cc2c1)oc1cc2ccc(C(F)(F)C(F)(F)C(F)(F)C(F)(F)C(F)(F)C(F)(F)C(F)(F)F)cc2cc15. The van der Waals surface area contributed by atoms with Crippen LogP contribution in [0.4, 0.5) is 132 Å². The maximum atomic E-state index is 15.2. The van der Waals surface area contributed by atoms with Gasteiger partial charge in [0.15, 0.2) is 0 Å². The van der Waals surface area contributed by atoms with E-state index in [4.69, 9.17) is 8.83 Å². The molecule has 5 aromatic carbocycles. The Hall–Kier alpha value is -5.88. The van der Waals surface area contributed by atoms with Crippen LogP contribution >= 0.6 is 0 Å². The van der Waals surface area contributed by atoms with E-state index in [1.54, 1.807) is 0 Å². The summed E-state index contributed by atoms with van der Waals surface area (Å²) >= 11 is 0. The molecule has 0 saturated carbocycles. The molecular weight excluding hydrogens is 1080 g/mol. The lowest BCUT2D eigenvalue weighted by atomic mass is 9.88. The van der Waals surface area contributed by atoms with Crippen molar-refractivity contribution in [1.29, 1.82) is 0 Å². The number of alkyl halides is 30. The maximum Gasteiger partial charge on any atom is 0.460 e. The van der Waals surface area contributed by atoms with Crippen LogP contribution < -0.4 is 0 Å². The Bertz CT molecular complexity index is 3090. The van der Waals surface area contributed by atoms with Crippen LogP contribution in [0.2, 0.25) is 0 Å². The number of hydrogen-bond acceptors (Lipinski definition) is 2. The van der Waals surface area contributed by atoms with Crippen molar-refractivity contribution >= 4 is 65.4 Å². The standard InChI is InChI=1S/C40H12F30O2/c41-27(42,29(45,46)31(49,50)33(53,54)35(57,58)37(61,62)39(65,66)67)17-3-1-13-9-23-19(7-15(13)5-17)21-11-26-22(12-25(21)71-23)20-8-16-6-18(4-2-14(16)10-24(20)72-26)28(43,44)30(47,48)32(51,52)34(55,56)36(59,60)38(63,64)40(68,69)70/h1-12H. The van der Waals surface area contributed by atoms with E-state index < -0.39 is 105 Å². The lowest BCUT2D eigenvalue weighted by Crippen LogP contribution is -2.72. The van der Waals surface area contributed by atoms with Gasteiger partial charge in [0.2, 0.25) is 0 Å². The third-order valence-electron chi connectivity index (χ3n) is 11.4. The van der Waals surface area contributed by atoms with Gasteiger partial charge in [-0.05, 0) is 70.1 Å². The lowest BCUT2D eigenvalue weighted by Gasteiger charge is -2.41. The van der Waals surface area contributed by atoms with Gasteiger partial charge in [0.05, 0.1) is 0 Å². The molecule has 0 aliphatic heterocycles. The molecule has 394 valence electrons. The van der Waals surface area contributed by atoms with E-state index in [0.29, 0.717) is 12.1 Å². The second kappa shape index (κ2) is 14.9. The molecule has 0 N–H and O–H groups in total. The fraction of sp³-hybridized carbons (Fsp3) is 0.350. The zero-order valence-electron chi connectivity index (χ0n) is 33.1. The zero-order valence-corrected chi connectivity index (χ0v) is 33.1.